The van der Waals surface area contributed by atoms with Gasteiger partial charge < -0.3 is 35.8 Å². The van der Waals surface area contributed by atoms with E-state index in [9.17, 15) is 19.2 Å². The number of ether oxygens (including phenoxy) is 1. The van der Waals surface area contributed by atoms with Crippen molar-refractivity contribution in [2.24, 2.45) is 0 Å². The van der Waals surface area contributed by atoms with E-state index in [0.29, 0.717) is 25.7 Å². The fourth-order valence-electron chi connectivity index (χ4n) is 7.93. The number of rotatable bonds is 18. The Morgan fingerprint density at radius 2 is 0.937 bits per heavy atom. The predicted molar refractivity (Wildman–Crippen MR) is 244 cm³/mol. The zero-order chi connectivity index (χ0) is 44.3. The van der Waals surface area contributed by atoms with E-state index in [1.165, 1.54) is 9.80 Å². The number of fused-ring (bicyclic) bond motifs is 2. The number of hydrogen-bond donors (Lipinski definition) is 4. The minimum atomic E-state index is -0.821. The molecule has 1 aliphatic heterocycles. The summed E-state index contributed by atoms with van der Waals surface area (Å²) >= 11 is 0. The van der Waals surface area contributed by atoms with E-state index in [0.717, 1.165) is 44.1 Å². The van der Waals surface area contributed by atoms with E-state index in [4.69, 9.17) is 4.74 Å². The summed E-state index contributed by atoms with van der Waals surface area (Å²) in [6.07, 6.45) is 3.98. The molecule has 3 heterocycles. The molecule has 4 aromatic carbocycles. The van der Waals surface area contributed by atoms with Crippen LogP contribution in [-0.4, -0.2) is 94.1 Å². The Bertz CT molecular complexity index is 2330. The maximum atomic E-state index is 14.2. The van der Waals surface area contributed by atoms with Gasteiger partial charge >= 0.3 is 12.1 Å². The molecule has 2 aromatic heterocycles. The molecule has 0 radical (unpaired) electrons. The van der Waals surface area contributed by atoms with Crippen LogP contribution in [0.3, 0.4) is 0 Å². The summed E-state index contributed by atoms with van der Waals surface area (Å²) in [5.74, 6) is -0.674. The fourth-order valence-corrected chi connectivity index (χ4v) is 7.93. The van der Waals surface area contributed by atoms with Gasteiger partial charge in [-0.2, -0.15) is 0 Å². The highest BCUT2D eigenvalue weighted by Crippen LogP contribution is 2.33. The van der Waals surface area contributed by atoms with Gasteiger partial charge in [-0.25, -0.2) is 9.59 Å². The average Bonchev–Trinajstić information content (AvgIpc) is 4.11. The second-order valence-electron chi connectivity index (χ2n) is 16.2. The molecular formula is C50H56N8O5. The van der Waals surface area contributed by atoms with Crippen molar-refractivity contribution in [1.82, 2.24) is 41.0 Å². The normalized spacial score (nSPS) is 16.3. The van der Waals surface area contributed by atoms with Crippen LogP contribution >= 0.6 is 0 Å². The van der Waals surface area contributed by atoms with Gasteiger partial charge in [0.2, 0.25) is 11.8 Å². The highest BCUT2D eigenvalue weighted by molar-refractivity contribution is 5.88. The molecule has 1 saturated heterocycles. The minimum absolute atomic E-state index is 0.279. The minimum Gasteiger partial charge on any atom is -0.365 e. The summed E-state index contributed by atoms with van der Waals surface area (Å²) in [5, 5.41) is 16.7. The highest BCUT2D eigenvalue weighted by Gasteiger charge is 2.51. The molecule has 0 aliphatic carbocycles. The van der Waals surface area contributed by atoms with Crippen LogP contribution < -0.4 is 21.3 Å². The molecule has 0 saturated carbocycles. The lowest BCUT2D eigenvalue weighted by Crippen LogP contribution is -2.55. The highest BCUT2D eigenvalue weighted by atomic mass is 16.6. The van der Waals surface area contributed by atoms with Crippen LogP contribution in [0.5, 0.6) is 0 Å². The van der Waals surface area contributed by atoms with Crippen molar-refractivity contribution in [1.29, 1.82) is 0 Å². The summed E-state index contributed by atoms with van der Waals surface area (Å²) in [5.41, 5.74) is 3.45. The molecule has 0 unspecified atom stereocenters. The Labute approximate surface area is 368 Å². The SMILES string of the molecule is CC[C@H](NC(=O)N(C)Cc1ccccn1)C(=O)N[C@@H](Cc1ccc2ccccc2c1)[C@@H]1O[C@@H]1[C@H](Cc1ccc2ccccc2c1)NC(=O)[C@H](CC)NC(=O)N(C)Cc1ccccn1. The van der Waals surface area contributed by atoms with Crippen molar-refractivity contribution in [3.05, 3.63) is 156 Å². The largest absolute Gasteiger partial charge is 0.365 e. The first kappa shape index (κ1) is 44.2. The molecule has 4 N–H and O–H groups in total. The number of urea groups is 2. The summed E-state index contributed by atoms with van der Waals surface area (Å²) in [6, 6.07) is 36.3. The third kappa shape index (κ3) is 11.7. The number of carbonyl (C=O) groups is 4. The molecule has 1 fully saturated rings. The molecule has 63 heavy (non-hydrogen) atoms. The number of amides is 6. The molecule has 6 atom stereocenters. The number of benzene rings is 4. The maximum Gasteiger partial charge on any atom is 0.318 e. The third-order valence-corrected chi connectivity index (χ3v) is 11.5. The van der Waals surface area contributed by atoms with Crippen LogP contribution in [0, 0.1) is 0 Å². The van der Waals surface area contributed by atoms with Crippen LogP contribution in [0.2, 0.25) is 0 Å². The Balaban J connectivity index is 1.11. The number of nitrogens with zero attached hydrogens (tertiary/aromatic N) is 4. The van der Waals surface area contributed by atoms with E-state index < -0.39 is 48.4 Å². The van der Waals surface area contributed by atoms with Crippen LogP contribution in [0.25, 0.3) is 21.5 Å². The topological polar surface area (TPSA) is 161 Å². The number of aromatic nitrogens is 2. The number of hydrogen-bond acceptors (Lipinski definition) is 7. The molecule has 1 aliphatic rings. The van der Waals surface area contributed by atoms with Crippen molar-refractivity contribution >= 4 is 45.4 Å². The molecule has 7 rings (SSSR count). The molecule has 0 spiro atoms. The summed E-state index contributed by atoms with van der Waals surface area (Å²) in [4.78, 5) is 66.7. The first-order valence-electron chi connectivity index (χ1n) is 21.6. The molecule has 6 amide bonds. The van der Waals surface area contributed by atoms with E-state index in [1.54, 1.807) is 26.5 Å². The molecule has 13 heteroatoms. The van der Waals surface area contributed by atoms with Crippen molar-refractivity contribution in [3.8, 4) is 0 Å². The average molecular weight is 849 g/mol. The van der Waals surface area contributed by atoms with E-state index in [-0.39, 0.29) is 24.9 Å². The van der Waals surface area contributed by atoms with Crippen LogP contribution in [0.1, 0.15) is 49.2 Å². The van der Waals surface area contributed by atoms with Gasteiger partial charge in [0.1, 0.15) is 24.3 Å². The van der Waals surface area contributed by atoms with Gasteiger partial charge in [0, 0.05) is 26.5 Å². The Hall–Kier alpha value is -6.86. The zero-order valence-corrected chi connectivity index (χ0v) is 36.2. The lowest BCUT2D eigenvalue weighted by molar-refractivity contribution is -0.124. The maximum absolute atomic E-state index is 14.2. The van der Waals surface area contributed by atoms with Gasteiger partial charge in [-0.15, -0.1) is 0 Å². The molecule has 13 nitrogen and oxygen atoms in total. The summed E-state index contributed by atoms with van der Waals surface area (Å²) in [7, 11) is 3.33. The number of pyridine rings is 2. The smallest absolute Gasteiger partial charge is 0.318 e. The first-order chi connectivity index (χ1) is 30.6. The number of carbonyl (C=O) groups excluding carboxylic acids is 4. The van der Waals surface area contributed by atoms with Gasteiger partial charge in [0.15, 0.2) is 0 Å². The monoisotopic (exact) mass is 848 g/mol. The third-order valence-electron chi connectivity index (χ3n) is 11.5. The lowest BCUT2D eigenvalue weighted by atomic mass is 9.94. The van der Waals surface area contributed by atoms with E-state index in [1.807, 2.05) is 74.5 Å². The van der Waals surface area contributed by atoms with Gasteiger partial charge in [0.25, 0.3) is 0 Å². The lowest BCUT2D eigenvalue weighted by Gasteiger charge is -2.26. The zero-order valence-electron chi connectivity index (χ0n) is 36.2. The fraction of sp³-hybridized carbons (Fsp3) is 0.320. The van der Waals surface area contributed by atoms with Crippen molar-refractivity contribution in [2.75, 3.05) is 14.1 Å². The Kier molecular flexibility index (Phi) is 14.6. The molecule has 6 aromatic rings. The molecule has 326 valence electrons. The summed E-state index contributed by atoms with van der Waals surface area (Å²) < 4.78 is 6.53. The Morgan fingerprint density at radius 1 is 0.540 bits per heavy atom. The van der Waals surface area contributed by atoms with Gasteiger partial charge in [-0.1, -0.05) is 111 Å². The second-order valence-corrected chi connectivity index (χ2v) is 16.2. The quantitative estimate of drug-likeness (QED) is 0.0715. The van der Waals surface area contributed by atoms with Crippen LogP contribution in [0.4, 0.5) is 9.59 Å². The van der Waals surface area contributed by atoms with Crippen molar-refractivity contribution in [3.63, 3.8) is 0 Å². The summed E-state index contributed by atoms with van der Waals surface area (Å²) in [6.45, 7) is 4.27. The number of epoxide rings is 1. The van der Waals surface area contributed by atoms with Gasteiger partial charge in [0.05, 0.1) is 36.6 Å². The van der Waals surface area contributed by atoms with Crippen LogP contribution in [-0.2, 0) is 40.3 Å². The van der Waals surface area contributed by atoms with Crippen molar-refractivity contribution < 1.29 is 23.9 Å². The van der Waals surface area contributed by atoms with E-state index in [2.05, 4.69) is 91.9 Å². The second kappa shape index (κ2) is 20.8. The van der Waals surface area contributed by atoms with Crippen molar-refractivity contribution in [2.45, 2.75) is 89.0 Å². The van der Waals surface area contributed by atoms with E-state index >= 15 is 0 Å². The van der Waals surface area contributed by atoms with Crippen LogP contribution in [0.15, 0.2) is 134 Å². The Morgan fingerprint density at radius 3 is 1.32 bits per heavy atom. The predicted octanol–water partition coefficient (Wildman–Crippen LogP) is 6.55. The standard InChI is InChI=1S/C50H56N8O5/c1-5-41(55-49(61)57(3)31-39-19-11-13-25-51-39)47(59)53-43(29-33-21-23-35-15-7-9-17-37(35)27-33)45-46(63-45)44(30-34-22-24-36-16-8-10-18-38(36)28-34)54-48(60)42(6-2)56-50(62)58(4)32-40-20-12-14-26-52-40/h7-28,41-46H,5-6,29-32H2,1-4H3,(H,53,59)(H,54,60)(H,55,61)(H,56,62)/t41-,42-,43-,44-,45-,46+/m0/s1. The molecule has 0 bridgehead atoms. The van der Waals surface area contributed by atoms with Gasteiger partial charge in [-0.05, 0) is 82.6 Å². The van der Waals surface area contributed by atoms with Gasteiger partial charge in [-0.3, -0.25) is 19.6 Å². The number of nitrogens with one attached hydrogen (secondary N) is 4. The molecular weight excluding hydrogens is 793 g/mol. The first-order valence-corrected chi connectivity index (χ1v) is 21.6.